The lowest BCUT2D eigenvalue weighted by Gasteiger charge is -2.34. The first-order valence-electron chi connectivity index (χ1n) is 14.1. The van der Waals surface area contributed by atoms with Gasteiger partial charge >= 0.3 is 0 Å². The Balaban J connectivity index is 0.000000222. The molecule has 0 unspecified atom stereocenters. The van der Waals surface area contributed by atoms with E-state index in [-0.39, 0.29) is 48.8 Å². The number of ketones is 1. The summed E-state index contributed by atoms with van der Waals surface area (Å²) in [4.78, 5) is 28.6. The number of amides is 1. The predicted octanol–water partition coefficient (Wildman–Crippen LogP) is 5.85. The number of nitrogens with zero attached hydrogens (tertiary/aromatic N) is 2. The van der Waals surface area contributed by atoms with Crippen molar-refractivity contribution in [3.8, 4) is 28.7 Å². The monoisotopic (exact) mass is 652 g/mol. The molecule has 2 heterocycles. The average molecular weight is 654 g/mol. The molecule has 6 rings (SSSR count). The summed E-state index contributed by atoms with van der Waals surface area (Å²) >= 11 is 5.85. The fraction of sp³-hybridized carbons (Fsp3) is 0.235. The van der Waals surface area contributed by atoms with Gasteiger partial charge in [-0.2, -0.15) is 0 Å². The summed E-state index contributed by atoms with van der Waals surface area (Å²) in [7, 11) is 1.51. The number of phenolic OH excluding ortho intramolecular Hbond substituents is 1. The van der Waals surface area contributed by atoms with Crippen LogP contribution in [-0.4, -0.2) is 73.3 Å². The van der Waals surface area contributed by atoms with Crippen LogP contribution in [0.5, 0.6) is 28.7 Å². The van der Waals surface area contributed by atoms with E-state index in [0.717, 1.165) is 31.1 Å². The van der Waals surface area contributed by atoms with Crippen LogP contribution in [0.25, 0.3) is 0 Å². The maximum Gasteiger partial charge on any atom is 0.260 e. The molecule has 1 fully saturated rings. The Morgan fingerprint density at radius 1 is 0.844 bits per heavy atom. The van der Waals surface area contributed by atoms with Gasteiger partial charge in [0, 0.05) is 49.4 Å². The van der Waals surface area contributed by atoms with Gasteiger partial charge in [0.25, 0.3) is 5.91 Å². The molecule has 1 amide bonds. The minimum absolute atomic E-state index is 0. The number of carbonyl (C=O) groups is 2. The first kappa shape index (κ1) is 33.5. The lowest BCUT2D eigenvalue weighted by atomic mass is 10.0. The maximum absolute atomic E-state index is 12.4. The second-order valence-electron chi connectivity index (χ2n) is 10.2. The van der Waals surface area contributed by atoms with Gasteiger partial charge in [0.05, 0.1) is 12.7 Å². The fourth-order valence-electron chi connectivity index (χ4n) is 4.80. The van der Waals surface area contributed by atoms with E-state index in [1.165, 1.54) is 18.7 Å². The summed E-state index contributed by atoms with van der Waals surface area (Å²) in [5.74, 6) is 2.51. The largest absolute Gasteiger partial charge is 0.507 e. The van der Waals surface area contributed by atoms with E-state index in [4.69, 9.17) is 30.5 Å². The van der Waals surface area contributed by atoms with E-state index in [2.05, 4.69) is 11.0 Å². The van der Waals surface area contributed by atoms with Gasteiger partial charge in [-0.05, 0) is 54.1 Å². The minimum Gasteiger partial charge on any atom is -0.507 e. The first-order valence-corrected chi connectivity index (χ1v) is 14.5. The smallest absolute Gasteiger partial charge is 0.260 e. The van der Waals surface area contributed by atoms with Crippen molar-refractivity contribution in [2.24, 2.45) is 0 Å². The molecular formula is C34H34Cl2N2O7. The Kier molecular flexibility index (Phi) is 11.9. The number of carbonyl (C=O) groups excluding carboxylic acids is 2. The van der Waals surface area contributed by atoms with Gasteiger partial charge in [-0.1, -0.05) is 48.0 Å². The number of phenols is 1. The average Bonchev–Trinajstić information content (AvgIpc) is 3.53. The zero-order valence-electron chi connectivity index (χ0n) is 24.7. The van der Waals surface area contributed by atoms with Gasteiger partial charge in [0.15, 0.2) is 23.9 Å². The van der Waals surface area contributed by atoms with Crippen molar-refractivity contribution in [1.29, 1.82) is 0 Å². The van der Waals surface area contributed by atoms with Crippen LogP contribution in [0, 0.1) is 0 Å². The Hall–Kier alpha value is -4.44. The van der Waals surface area contributed by atoms with Crippen LogP contribution in [0.1, 0.15) is 21.5 Å². The second kappa shape index (κ2) is 16.0. The van der Waals surface area contributed by atoms with Crippen LogP contribution in [-0.2, 0) is 11.3 Å². The molecular weight excluding hydrogens is 619 g/mol. The third-order valence-electron chi connectivity index (χ3n) is 7.23. The van der Waals surface area contributed by atoms with Crippen molar-refractivity contribution in [3.63, 3.8) is 0 Å². The van der Waals surface area contributed by atoms with Crippen LogP contribution in [0.15, 0.2) is 91.0 Å². The zero-order chi connectivity index (χ0) is 30.9. The highest BCUT2D eigenvalue weighted by atomic mass is 35.5. The molecule has 0 radical (unpaired) electrons. The van der Waals surface area contributed by atoms with E-state index in [9.17, 15) is 14.7 Å². The number of methoxy groups -OCH3 is 1. The number of fused-ring (bicyclic) bond motifs is 1. The van der Waals surface area contributed by atoms with Crippen LogP contribution in [0.2, 0.25) is 5.02 Å². The molecule has 0 bridgehead atoms. The van der Waals surface area contributed by atoms with Crippen molar-refractivity contribution in [1.82, 2.24) is 9.80 Å². The van der Waals surface area contributed by atoms with Gasteiger partial charge in [-0.3, -0.25) is 14.5 Å². The van der Waals surface area contributed by atoms with E-state index in [0.29, 0.717) is 35.2 Å². The molecule has 0 aliphatic carbocycles. The molecule has 0 atom stereocenters. The first-order chi connectivity index (χ1) is 21.4. The van der Waals surface area contributed by atoms with Crippen molar-refractivity contribution in [2.75, 3.05) is 46.7 Å². The van der Waals surface area contributed by atoms with Gasteiger partial charge in [-0.25, -0.2) is 0 Å². The van der Waals surface area contributed by atoms with Gasteiger partial charge < -0.3 is 29.0 Å². The topological polar surface area (TPSA) is 97.8 Å². The Morgan fingerprint density at radius 3 is 2.22 bits per heavy atom. The van der Waals surface area contributed by atoms with Crippen LogP contribution >= 0.6 is 24.0 Å². The highest BCUT2D eigenvalue weighted by Gasteiger charge is 2.22. The summed E-state index contributed by atoms with van der Waals surface area (Å²) in [6.45, 7) is 4.24. The second-order valence-corrected chi connectivity index (χ2v) is 10.6. The number of benzene rings is 4. The molecule has 236 valence electrons. The molecule has 0 aromatic heterocycles. The molecule has 9 nitrogen and oxygen atoms in total. The molecule has 4 aromatic rings. The van der Waals surface area contributed by atoms with Crippen LogP contribution in [0.3, 0.4) is 0 Å². The number of ether oxygens (including phenoxy) is 4. The Bertz CT molecular complexity index is 1580. The number of piperazine rings is 1. The Morgan fingerprint density at radius 2 is 1.53 bits per heavy atom. The summed E-state index contributed by atoms with van der Waals surface area (Å²) in [6.07, 6.45) is 0. The number of rotatable bonds is 8. The summed E-state index contributed by atoms with van der Waals surface area (Å²) < 4.78 is 21.3. The van der Waals surface area contributed by atoms with Crippen molar-refractivity contribution >= 4 is 35.7 Å². The fourth-order valence-corrected chi connectivity index (χ4v) is 4.92. The molecule has 0 spiro atoms. The minimum atomic E-state index is -0.203. The third kappa shape index (κ3) is 9.04. The highest BCUT2D eigenvalue weighted by Crippen LogP contribution is 2.33. The van der Waals surface area contributed by atoms with E-state index in [1.54, 1.807) is 60.7 Å². The zero-order valence-corrected chi connectivity index (χ0v) is 26.3. The molecule has 2 aliphatic rings. The van der Waals surface area contributed by atoms with Gasteiger partial charge in [0.1, 0.15) is 17.2 Å². The number of aromatic hydroxyl groups is 1. The molecule has 2 aliphatic heterocycles. The van der Waals surface area contributed by atoms with Crippen molar-refractivity contribution < 1.29 is 33.6 Å². The molecule has 45 heavy (non-hydrogen) atoms. The van der Waals surface area contributed by atoms with Crippen LogP contribution < -0.4 is 18.9 Å². The Labute approximate surface area is 273 Å². The van der Waals surface area contributed by atoms with E-state index >= 15 is 0 Å². The molecule has 11 heteroatoms. The normalized spacial score (nSPS) is 13.6. The lowest BCUT2D eigenvalue weighted by Crippen LogP contribution is -2.49. The van der Waals surface area contributed by atoms with Gasteiger partial charge in [0.2, 0.25) is 6.79 Å². The quantitative estimate of drug-likeness (QED) is 0.237. The molecule has 4 aromatic carbocycles. The summed E-state index contributed by atoms with van der Waals surface area (Å²) in [6, 6.07) is 26.5. The molecule has 0 saturated carbocycles. The van der Waals surface area contributed by atoms with E-state index in [1.807, 2.05) is 23.1 Å². The lowest BCUT2D eigenvalue weighted by molar-refractivity contribution is -0.135. The third-order valence-corrected chi connectivity index (χ3v) is 7.48. The summed E-state index contributed by atoms with van der Waals surface area (Å²) in [5.41, 5.74) is 2.01. The van der Waals surface area contributed by atoms with Crippen molar-refractivity contribution in [2.45, 2.75) is 6.54 Å². The predicted molar refractivity (Wildman–Crippen MR) is 173 cm³/mol. The molecule has 1 saturated heterocycles. The SMILES string of the molecule is COc1ccc(C(=O)c2ccccc2)c(O)c1.Cl.O=C(COc1ccc(Cl)cc1)N1CCN(Cc2ccc3c(c2)OCO3)CC1. The van der Waals surface area contributed by atoms with Gasteiger partial charge in [-0.15, -0.1) is 12.4 Å². The molecule has 1 N–H and O–H groups in total. The number of halogens is 2. The standard InChI is InChI=1S/C20H21ClN2O4.C14H12O3.ClH/c21-16-2-4-17(5-3-16)25-13-20(24)23-9-7-22(8-10-23)12-15-1-6-18-19(11-15)27-14-26-18;1-17-11-7-8-12(13(15)9-11)14(16)10-5-3-2-4-6-10;/h1-6,11H,7-10,12-14H2;2-9,15H,1H3;1H. The highest BCUT2D eigenvalue weighted by molar-refractivity contribution is 6.30. The number of hydrogen-bond acceptors (Lipinski definition) is 8. The summed E-state index contributed by atoms with van der Waals surface area (Å²) in [5, 5.41) is 10.4. The van der Waals surface area contributed by atoms with Crippen LogP contribution in [0.4, 0.5) is 0 Å². The van der Waals surface area contributed by atoms with E-state index < -0.39 is 0 Å². The maximum atomic E-state index is 12.4. The number of hydrogen-bond donors (Lipinski definition) is 1. The van der Waals surface area contributed by atoms with Crippen molar-refractivity contribution in [3.05, 3.63) is 113 Å².